The van der Waals surface area contributed by atoms with Crippen LogP contribution in [0.4, 0.5) is 4.79 Å². The lowest BCUT2D eigenvalue weighted by Crippen LogP contribution is -2.31. The Morgan fingerprint density at radius 2 is 1.58 bits per heavy atom. The van der Waals surface area contributed by atoms with E-state index in [2.05, 4.69) is 34.9 Å². The predicted octanol–water partition coefficient (Wildman–Crippen LogP) is 4.31. The molecule has 3 N–H and O–H groups in total. The van der Waals surface area contributed by atoms with Gasteiger partial charge >= 0.3 is 12.1 Å². The van der Waals surface area contributed by atoms with Gasteiger partial charge in [0, 0.05) is 31.8 Å². The van der Waals surface area contributed by atoms with Crippen molar-refractivity contribution in [3.63, 3.8) is 0 Å². The first kappa shape index (κ1) is 24.3. The van der Waals surface area contributed by atoms with Crippen LogP contribution in [-0.4, -0.2) is 42.8 Å². The fourth-order valence-electron chi connectivity index (χ4n) is 4.10. The summed E-state index contributed by atoms with van der Waals surface area (Å²) in [6, 6.07) is 16.4. The standard InChI is InChI=1S/C26H32N2O5/c1-18(13-14-24(29)27-15-7-6-12-25(30)31)16-28-26(32)33-17-23-21-10-4-2-8-19(21)20-9-3-5-11-22(20)23/h2-5,8-11,18,23H,6-7,12-17H2,1H3,(H,27,29)(H,28,32)(H,30,31). The van der Waals surface area contributed by atoms with E-state index in [1.807, 2.05) is 31.2 Å². The summed E-state index contributed by atoms with van der Waals surface area (Å²) in [7, 11) is 0. The lowest BCUT2D eigenvalue weighted by atomic mass is 9.98. The van der Waals surface area contributed by atoms with E-state index in [0.29, 0.717) is 38.8 Å². The van der Waals surface area contributed by atoms with Gasteiger partial charge in [-0.3, -0.25) is 9.59 Å². The number of alkyl carbamates (subject to hydrolysis) is 1. The summed E-state index contributed by atoms with van der Waals surface area (Å²) in [4.78, 5) is 34.6. The van der Waals surface area contributed by atoms with Gasteiger partial charge in [-0.1, -0.05) is 55.5 Å². The number of carbonyl (C=O) groups excluding carboxylic acids is 2. The summed E-state index contributed by atoms with van der Waals surface area (Å²) in [5.74, 6) is -0.722. The van der Waals surface area contributed by atoms with Crippen molar-refractivity contribution in [1.29, 1.82) is 0 Å². The van der Waals surface area contributed by atoms with Crippen molar-refractivity contribution in [3.8, 4) is 11.1 Å². The lowest BCUT2D eigenvalue weighted by molar-refractivity contribution is -0.137. The average molecular weight is 453 g/mol. The van der Waals surface area contributed by atoms with Gasteiger partial charge in [-0.15, -0.1) is 0 Å². The van der Waals surface area contributed by atoms with Crippen molar-refractivity contribution in [2.75, 3.05) is 19.7 Å². The number of carbonyl (C=O) groups is 3. The molecule has 0 aromatic heterocycles. The third-order valence-corrected chi connectivity index (χ3v) is 5.94. The molecule has 0 saturated heterocycles. The summed E-state index contributed by atoms with van der Waals surface area (Å²) in [6.45, 7) is 3.17. The van der Waals surface area contributed by atoms with E-state index >= 15 is 0 Å². The maximum Gasteiger partial charge on any atom is 0.407 e. The minimum Gasteiger partial charge on any atom is -0.481 e. The molecule has 33 heavy (non-hydrogen) atoms. The van der Waals surface area contributed by atoms with Crippen molar-refractivity contribution in [1.82, 2.24) is 10.6 Å². The quantitative estimate of drug-likeness (QED) is 0.416. The second-order valence-corrected chi connectivity index (χ2v) is 8.55. The molecule has 7 nitrogen and oxygen atoms in total. The van der Waals surface area contributed by atoms with E-state index in [-0.39, 0.29) is 30.8 Å². The molecule has 0 aliphatic heterocycles. The number of carboxylic acid groups (broad SMARTS) is 1. The van der Waals surface area contributed by atoms with Gasteiger partial charge in [0.15, 0.2) is 0 Å². The van der Waals surface area contributed by atoms with E-state index in [9.17, 15) is 14.4 Å². The van der Waals surface area contributed by atoms with Crippen molar-refractivity contribution in [2.45, 2.75) is 44.9 Å². The molecule has 2 amide bonds. The van der Waals surface area contributed by atoms with Crippen LogP contribution in [0.1, 0.15) is 56.1 Å². The van der Waals surface area contributed by atoms with Gasteiger partial charge in [0.2, 0.25) is 5.91 Å². The zero-order valence-electron chi connectivity index (χ0n) is 19.0. The van der Waals surface area contributed by atoms with Crippen LogP contribution in [0.2, 0.25) is 0 Å². The third-order valence-electron chi connectivity index (χ3n) is 5.94. The van der Waals surface area contributed by atoms with Gasteiger partial charge < -0.3 is 20.5 Å². The molecular weight excluding hydrogens is 420 g/mol. The van der Waals surface area contributed by atoms with Crippen LogP contribution in [0.5, 0.6) is 0 Å². The highest BCUT2D eigenvalue weighted by Crippen LogP contribution is 2.44. The lowest BCUT2D eigenvalue weighted by Gasteiger charge is -2.16. The van der Waals surface area contributed by atoms with E-state index in [1.165, 1.54) is 22.3 Å². The smallest absolute Gasteiger partial charge is 0.407 e. The van der Waals surface area contributed by atoms with E-state index in [4.69, 9.17) is 9.84 Å². The molecule has 7 heteroatoms. The molecule has 1 aliphatic carbocycles. The largest absolute Gasteiger partial charge is 0.481 e. The first-order chi connectivity index (χ1) is 16.0. The number of ether oxygens (including phenoxy) is 1. The first-order valence-corrected chi connectivity index (χ1v) is 11.5. The summed E-state index contributed by atoms with van der Waals surface area (Å²) >= 11 is 0. The molecule has 2 aromatic carbocycles. The number of hydrogen-bond donors (Lipinski definition) is 3. The van der Waals surface area contributed by atoms with Gasteiger partial charge in [-0.2, -0.15) is 0 Å². The van der Waals surface area contributed by atoms with Crippen LogP contribution < -0.4 is 10.6 Å². The summed E-state index contributed by atoms with van der Waals surface area (Å²) < 4.78 is 5.54. The molecule has 0 fully saturated rings. The van der Waals surface area contributed by atoms with Crippen LogP contribution in [0, 0.1) is 5.92 Å². The number of benzene rings is 2. The molecule has 0 saturated carbocycles. The highest BCUT2D eigenvalue weighted by atomic mass is 16.5. The van der Waals surface area contributed by atoms with Crippen LogP contribution in [-0.2, 0) is 14.3 Å². The van der Waals surface area contributed by atoms with E-state index < -0.39 is 12.1 Å². The second kappa shape index (κ2) is 12.0. The summed E-state index contributed by atoms with van der Waals surface area (Å²) in [6.07, 6.45) is 1.88. The Hall–Kier alpha value is -3.35. The van der Waals surface area contributed by atoms with Crippen LogP contribution in [0.25, 0.3) is 11.1 Å². The minimum atomic E-state index is -0.820. The number of aliphatic carboxylic acids is 1. The second-order valence-electron chi connectivity index (χ2n) is 8.55. The number of fused-ring (bicyclic) bond motifs is 3. The zero-order valence-corrected chi connectivity index (χ0v) is 19.0. The number of amides is 2. The van der Waals surface area contributed by atoms with Crippen molar-refractivity contribution < 1.29 is 24.2 Å². The van der Waals surface area contributed by atoms with Gasteiger partial charge in [-0.05, 0) is 47.4 Å². The van der Waals surface area contributed by atoms with Gasteiger partial charge in [0.1, 0.15) is 6.61 Å². The van der Waals surface area contributed by atoms with Crippen LogP contribution >= 0.6 is 0 Å². The molecule has 2 aromatic rings. The Morgan fingerprint density at radius 1 is 0.939 bits per heavy atom. The average Bonchev–Trinajstić information content (AvgIpc) is 3.13. The molecular formula is C26H32N2O5. The molecule has 1 atom stereocenters. The van der Waals surface area contributed by atoms with Crippen LogP contribution in [0.3, 0.4) is 0 Å². The fourth-order valence-corrected chi connectivity index (χ4v) is 4.10. The molecule has 0 spiro atoms. The van der Waals surface area contributed by atoms with E-state index in [0.717, 1.165) is 0 Å². The summed E-state index contributed by atoms with van der Waals surface area (Å²) in [5.41, 5.74) is 4.73. The molecule has 176 valence electrons. The van der Waals surface area contributed by atoms with Gasteiger partial charge in [0.25, 0.3) is 0 Å². The molecule has 1 unspecified atom stereocenters. The number of unbranched alkanes of at least 4 members (excludes halogenated alkanes) is 1. The Bertz CT molecular complexity index is 929. The van der Waals surface area contributed by atoms with Crippen molar-refractivity contribution in [3.05, 3.63) is 59.7 Å². The van der Waals surface area contributed by atoms with E-state index in [1.54, 1.807) is 0 Å². The molecule has 0 heterocycles. The maximum absolute atomic E-state index is 12.3. The molecule has 3 rings (SSSR count). The van der Waals surface area contributed by atoms with Crippen molar-refractivity contribution in [2.24, 2.45) is 5.92 Å². The highest BCUT2D eigenvalue weighted by molar-refractivity contribution is 5.79. The van der Waals surface area contributed by atoms with Crippen molar-refractivity contribution >= 4 is 18.0 Å². The number of carboxylic acids is 1. The SMILES string of the molecule is CC(CCC(=O)NCCCCC(=O)O)CNC(=O)OCC1c2ccccc2-c2ccccc21. The highest BCUT2D eigenvalue weighted by Gasteiger charge is 2.29. The third kappa shape index (κ3) is 7.07. The summed E-state index contributed by atoms with van der Waals surface area (Å²) in [5, 5.41) is 14.2. The molecule has 1 aliphatic rings. The van der Waals surface area contributed by atoms with Gasteiger partial charge in [-0.25, -0.2) is 4.79 Å². The van der Waals surface area contributed by atoms with Crippen LogP contribution in [0.15, 0.2) is 48.5 Å². The molecule has 0 bridgehead atoms. The monoisotopic (exact) mass is 452 g/mol. The predicted molar refractivity (Wildman–Crippen MR) is 126 cm³/mol. The molecule has 0 radical (unpaired) electrons. The zero-order chi connectivity index (χ0) is 23.6. The Kier molecular flexibility index (Phi) is 8.87. The Balaban J connectivity index is 1.35. The number of nitrogens with one attached hydrogen (secondary N) is 2. The normalized spacial score (nSPS) is 13.0. The number of hydrogen-bond acceptors (Lipinski definition) is 4. The topological polar surface area (TPSA) is 105 Å². The number of rotatable bonds is 12. The first-order valence-electron chi connectivity index (χ1n) is 11.5. The Labute approximate surface area is 194 Å². The fraction of sp³-hybridized carbons (Fsp3) is 0.423. The maximum atomic E-state index is 12.3. The van der Waals surface area contributed by atoms with Gasteiger partial charge in [0.05, 0.1) is 0 Å². The Morgan fingerprint density at radius 3 is 2.21 bits per heavy atom. The minimum absolute atomic E-state index is 0.0276.